The lowest BCUT2D eigenvalue weighted by atomic mass is 9.98. The third-order valence-electron chi connectivity index (χ3n) is 3.33. The molecular formula is C15H11BrCl2O2. The molecule has 104 valence electrons. The zero-order valence-corrected chi connectivity index (χ0v) is 13.5. The van der Waals surface area contributed by atoms with E-state index in [0.29, 0.717) is 22.2 Å². The lowest BCUT2D eigenvalue weighted by Gasteiger charge is -2.16. The van der Waals surface area contributed by atoms with E-state index >= 15 is 0 Å². The van der Waals surface area contributed by atoms with Crippen LogP contribution >= 0.6 is 39.1 Å². The first-order valence-corrected chi connectivity index (χ1v) is 7.69. The molecule has 0 fully saturated rings. The summed E-state index contributed by atoms with van der Waals surface area (Å²) in [4.78, 5) is 0. The van der Waals surface area contributed by atoms with E-state index in [1.54, 1.807) is 24.3 Å². The number of aliphatic hydroxyl groups excluding tert-OH is 1. The predicted molar refractivity (Wildman–Crippen MR) is 83.9 cm³/mol. The van der Waals surface area contributed by atoms with Crippen molar-refractivity contribution in [3.8, 4) is 5.75 Å². The maximum atomic E-state index is 10.6. The lowest BCUT2D eigenvalue weighted by molar-refractivity contribution is 0.213. The van der Waals surface area contributed by atoms with Crippen LogP contribution in [0, 0.1) is 0 Å². The summed E-state index contributed by atoms with van der Waals surface area (Å²) in [6.07, 6.45) is 0.0223. The van der Waals surface area contributed by atoms with Crippen LogP contribution in [0.5, 0.6) is 5.75 Å². The quantitative estimate of drug-likeness (QED) is 0.821. The number of hydrogen-bond donors (Lipinski definition) is 1. The van der Waals surface area contributed by atoms with E-state index in [0.717, 1.165) is 27.8 Å². The molecule has 1 aliphatic heterocycles. The average Bonchev–Trinajstić information content (AvgIpc) is 2.88. The SMILES string of the molecule is OC(c1ccc(Cl)c(Br)c1)c1cc(Cl)cc2c1OCC2. The first-order valence-electron chi connectivity index (χ1n) is 6.14. The lowest BCUT2D eigenvalue weighted by Crippen LogP contribution is -2.02. The van der Waals surface area contributed by atoms with Gasteiger partial charge in [-0.3, -0.25) is 0 Å². The van der Waals surface area contributed by atoms with Gasteiger partial charge in [-0.2, -0.15) is 0 Å². The highest BCUT2D eigenvalue weighted by atomic mass is 79.9. The Morgan fingerprint density at radius 3 is 2.75 bits per heavy atom. The number of ether oxygens (including phenoxy) is 1. The Bertz CT molecular complexity index is 673. The van der Waals surface area contributed by atoms with E-state index in [9.17, 15) is 5.11 Å². The van der Waals surface area contributed by atoms with E-state index in [4.69, 9.17) is 27.9 Å². The van der Waals surface area contributed by atoms with Crippen LogP contribution in [0.2, 0.25) is 10.0 Å². The molecule has 1 unspecified atom stereocenters. The van der Waals surface area contributed by atoms with Crippen LogP contribution in [0.1, 0.15) is 22.8 Å². The van der Waals surface area contributed by atoms with Gasteiger partial charge in [-0.25, -0.2) is 0 Å². The molecule has 0 radical (unpaired) electrons. The molecule has 0 spiro atoms. The van der Waals surface area contributed by atoms with Crippen LogP contribution in [-0.2, 0) is 6.42 Å². The summed E-state index contributed by atoms with van der Waals surface area (Å²) in [5.41, 5.74) is 2.47. The van der Waals surface area contributed by atoms with Gasteiger partial charge in [0.2, 0.25) is 0 Å². The van der Waals surface area contributed by atoms with E-state index in [2.05, 4.69) is 15.9 Å². The van der Waals surface area contributed by atoms with Crippen LogP contribution in [-0.4, -0.2) is 11.7 Å². The highest BCUT2D eigenvalue weighted by Crippen LogP contribution is 2.39. The molecule has 5 heteroatoms. The van der Waals surface area contributed by atoms with Gasteiger partial charge in [0.15, 0.2) is 0 Å². The van der Waals surface area contributed by atoms with Crippen LogP contribution in [0.3, 0.4) is 0 Å². The highest BCUT2D eigenvalue weighted by Gasteiger charge is 2.23. The second-order valence-corrected chi connectivity index (χ2v) is 6.36. The normalized spacial score (nSPS) is 14.8. The fourth-order valence-corrected chi connectivity index (χ4v) is 3.13. The van der Waals surface area contributed by atoms with Gasteiger partial charge < -0.3 is 9.84 Å². The molecule has 0 bridgehead atoms. The van der Waals surface area contributed by atoms with Crippen molar-refractivity contribution in [2.24, 2.45) is 0 Å². The fraction of sp³-hybridized carbons (Fsp3) is 0.200. The van der Waals surface area contributed by atoms with Gasteiger partial charge in [-0.05, 0) is 51.3 Å². The molecule has 0 aliphatic carbocycles. The largest absolute Gasteiger partial charge is 0.493 e. The van der Waals surface area contributed by atoms with Gasteiger partial charge in [0, 0.05) is 21.5 Å². The smallest absolute Gasteiger partial charge is 0.128 e. The number of fused-ring (bicyclic) bond motifs is 1. The van der Waals surface area contributed by atoms with Gasteiger partial charge >= 0.3 is 0 Å². The molecule has 3 rings (SSSR count). The summed E-state index contributed by atoms with van der Waals surface area (Å²) in [6, 6.07) is 8.97. The summed E-state index contributed by atoms with van der Waals surface area (Å²) in [5.74, 6) is 0.743. The predicted octanol–water partition coefficient (Wildman–Crippen LogP) is 4.77. The maximum Gasteiger partial charge on any atom is 0.128 e. The second-order valence-electron chi connectivity index (χ2n) is 4.66. The third-order valence-corrected chi connectivity index (χ3v) is 4.76. The van der Waals surface area contributed by atoms with Gasteiger partial charge in [0.1, 0.15) is 11.9 Å². The zero-order valence-electron chi connectivity index (χ0n) is 10.4. The van der Waals surface area contributed by atoms with Crippen molar-refractivity contribution in [2.45, 2.75) is 12.5 Å². The van der Waals surface area contributed by atoms with Crippen LogP contribution in [0.15, 0.2) is 34.8 Å². The Kier molecular flexibility index (Phi) is 3.95. The molecule has 1 atom stereocenters. The van der Waals surface area contributed by atoms with E-state index in [-0.39, 0.29) is 0 Å². The Balaban J connectivity index is 2.06. The van der Waals surface area contributed by atoms with Crippen molar-refractivity contribution in [3.63, 3.8) is 0 Å². The van der Waals surface area contributed by atoms with Crippen LogP contribution in [0.25, 0.3) is 0 Å². The first-order chi connectivity index (χ1) is 9.56. The summed E-state index contributed by atoms with van der Waals surface area (Å²) in [5, 5.41) is 11.8. The zero-order chi connectivity index (χ0) is 14.3. The topological polar surface area (TPSA) is 29.5 Å². The summed E-state index contributed by atoms with van der Waals surface area (Å²) >= 11 is 15.5. The number of halogens is 3. The Labute approximate surface area is 135 Å². The molecule has 1 N–H and O–H groups in total. The molecule has 0 aromatic heterocycles. The van der Waals surface area contributed by atoms with Crippen molar-refractivity contribution in [1.82, 2.24) is 0 Å². The summed E-state index contributed by atoms with van der Waals surface area (Å²) in [7, 11) is 0. The molecule has 1 heterocycles. The van der Waals surface area contributed by atoms with Crippen molar-refractivity contribution in [2.75, 3.05) is 6.61 Å². The molecule has 0 saturated carbocycles. The number of rotatable bonds is 2. The van der Waals surface area contributed by atoms with Gasteiger partial charge in [0.05, 0.1) is 11.6 Å². The molecule has 2 aromatic carbocycles. The molecular weight excluding hydrogens is 363 g/mol. The van der Waals surface area contributed by atoms with Gasteiger partial charge in [0.25, 0.3) is 0 Å². The average molecular weight is 374 g/mol. The van der Waals surface area contributed by atoms with E-state index in [1.807, 2.05) is 6.07 Å². The molecule has 2 aromatic rings. The molecule has 20 heavy (non-hydrogen) atoms. The monoisotopic (exact) mass is 372 g/mol. The first kappa shape index (κ1) is 14.2. The number of aliphatic hydroxyl groups is 1. The standard InChI is InChI=1S/C15H11BrCl2O2/c16-12-6-8(1-2-13(12)18)14(19)11-7-10(17)5-9-3-4-20-15(9)11/h1-2,5-7,14,19H,3-4H2. The Morgan fingerprint density at radius 2 is 2.00 bits per heavy atom. The van der Waals surface area contributed by atoms with Crippen molar-refractivity contribution in [3.05, 3.63) is 61.5 Å². The van der Waals surface area contributed by atoms with E-state index in [1.165, 1.54) is 0 Å². The van der Waals surface area contributed by atoms with Crippen molar-refractivity contribution in [1.29, 1.82) is 0 Å². The fourth-order valence-electron chi connectivity index (χ4n) is 2.36. The third kappa shape index (κ3) is 2.56. The Morgan fingerprint density at radius 1 is 1.20 bits per heavy atom. The number of hydrogen-bond acceptors (Lipinski definition) is 2. The number of benzene rings is 2. The van der Waals surface area contributed by atoms with Gasteiger partial charge in [-0.15, -0.1) is 0 Å². The van der Waals surface area contributed by atoms with Crippen molar-refractivity contribution >= 4 is 39.1 Å². The summed E-state index contributed by atoms with van der Waals surface area (Å²) < 4.78 is 6.37. The Hall–Kier alpha value is -0.740. The maximum absolute atomic E-state index is 10.6. The second kappa shape index (κ2) is 5.57. The molecule has 1 aliphatic rings. The molecule has 2 nitrogen and oxygen atoms in total. The van der Waals surface area contributed by atoms with Crippen molar-refractivity contribution < 1.29 is 9.84 Å². The van der Waals surface area contributed by atoms with Crippen LogP contribution in [0.4, 0.5) is 0 Å². The minimum absolute atomic E-state index is 0.605. The van der Waals surface area contributed by atoms with Crippen LogP contribution < -0.4 is 4.74 Å². The minimum Gasteiger partial charge on any atom is -0.493 e. The van der Waals surface area contributed by atoms with E-state index < -0.39 is 6.10 Å². The highest BCUT2D eigenvalue weighted by molar-refractivity contribution is 9.10. The molecule has 0 amide bonds. The molecule has 0 saturated heterocycles. The minimum atomic E-state index is -0.797. The van der Waals surface area contributed by atoms with Gasteiger partial charge in [-0.1, -0.05) is 29.3 Å². The summed E-state index contributed by atoms with van der Waals surface area (Å²) in [6.45, 7) is 0.625.